The van der Waals surface area contributed by atoms with Gasteiger partial charge >= 0.3 is 0 Å². The zero-order chi connectivity index (χ0) is 13.2. The van der Waals surface area contributed by atoms with Gasteiger partial charge in [-0.25, -0.2) is 0 Å². The third-order valence-corrected chi connectivity index (χ3v) is 2.94. The Kier molecular flexibility index (Phi) is 4.17. The molecule has 2 N–H and O–H groups in total. The molecule has 0 aliphatic rings. The molecule has 20 heavy (non-hydrogen) atoms. The molecular weight excluding hydrogens is 276 g/mol. The highest BCUT2D eigenvalue weighted by Gasteiger charge is 2.06. The van der Waals surface area contributed by atoms with Crippen molar-refractivity contribution in [1.82, 2.24) is 4.98 Å². The molecule has 0 spiro atoms. The number of nitrogens with zero attached hydrogens (tertiary/aromatic N) is 1. The summed E-state index contributed by atoms with van der Waals surface area (Å²) >= 11 is 0. The lowest BCUT2D eigenvalue weighted by Gasteiger charge is -2.03. The number of aromatic nitrogens is 1. The van der Waals surface area contributed by atoms with Crippen molar-refractivity contribution in [2.24, 2.45) is 5.73 Å². The molecule has 0 fully saturated rings. The molecule has 3 rings (SSSR count). The molecule has 0 atom stereocenters. The van der Waals surface area contributed by atoms with Crippen molar-refractivity contribution in [3.63, 3.8) is 0 Å². The average Bonchev–Trinajstić information content (AvgIpc) is 2.47. The summed E-state index contributed by atoms with van der Waals surface area (Å²) in [6, 6.07) is 12.6. The van der Waals surface area contributed by atoms with Gasteiger partial charge in [-0.15, -0.1) is 12.4 Å². The third kappa shape index (κ3) is 2.57. The maximum Gasteiger partial charge on any atom is 0.193 e. The Bertz CT molecular complexity index is 785. The normalized spacial score (nSPS) is 10.2. The number of pyridine rings is 1. The van der Waals surface area contributed by atoms with Crippen molar-refractivity contribution in [3.05, 3.63) is 64.6 Å². The van der Waals surface area contributed by atoms with Gasteiger partial charge in [0.25, 0.3) is 0 Å². The van der Waals surface area contributed by atoms with Crippen molar-refractivity contribution in [1.29, 1.82) is 0 Å². The molecule has 0 aliphatic heterocycles. The first-order valence-corrected chi connectivity index (χ1v) is 5.96. The van der Waals surface area contributed by atoms with Gasteiger partial charge in [-0.1, -0.05) is 6.07 Å². The number of rotatable bonds is 2. The number of hydrogen-bond acceptors (Lipinski definition) is 4. The summed E-state index contributed by atoms with van der Waals surface area (Å²) in [7, 11) is 0. The van der Waals surface area contributed by atoms with Crippen molar-refractivity contribution in [3.8, 4) is 11.3 Å². The van der Waals surface area contributed by atoms with Crippen LogP contribution in [0.2, 0.25) is 0 Å². The molecule has 3 aromatic rings. The predicted octanol–water partition coefficient (Wildman–Crippen LogP) is 2.74. The topological polar surface area (TPSA) is 69.1 Å². The first-order chi connectivity index (χ1) is 9.28. The molecule has 2 heterocycles. The first kappa shape index (κ1) is 14.2. The average molecular weight is 289 g/mol. The van der Waals surface area contributed by atoms with Gasteiger partial charge in [-0.05, 0) is 30.3 Å². The SMILES string of the molecule is Cl.NCc1cc(=O)c2cc(-c3ccccn3)ccc2o1. The minimum atomic E-state index is -0.0838. The fourth-order valence-corrected chi connectivity index (χ4v) is 2.00. The lowest BCUT2D eigenvalue weighted by molar-refractivity contribution is 0.539. The van der Waals surface area contributed by atoms with E-state index in [1.54, 1.807) is 18.3 Å². The van der Waals surface area contributed by atoms with Gasteiger partial charge < -0.3 is 10.2 Å². The van der Waals surface area contributed by atoms with Crippen LogP contribution in [0.15, 0.2) is 57.9 Å². The van der Waals surface area contributed by atoms with E-state index in [-0.39, 0.29) is 24.4 Å². The maximum absolute atomic E-state index is 12.0. The largest absolute Gasteiger partial charge is 0.459 e. The van der Waals surface area contributed by atoms with Crippen LogP contribution in [0.4, 0.5) is 0 Å². The zero-order valence-corrected chi connectivity index (χ0v) is 11.4. The molecule has 0 saturated heterocycles. The summed E-state index contributed by atoms with van der Waals surface area (Å²) in [5, 5.41) is 0.542. The van der Waals surface area contributed by atoms with Crippen LogP contribution in [0.5, 0.6) is 0 Å². The molecule has 2 aromatic heterocycles. The van der Waals surface area contributed by atoms with Gasteiger partial charge in [0, 0.05) is 17.8 Å². The van der Waals surface area contributed by atoms with Crippen LogP contribution >= 0.6 is 12.4 Å². The minimum absolute atomic E-state index is 0. The third-order valence-electron chi connectivity index (χ3n) is 2.94. The van der Waals surface area contributed by atoms with Crippen LogP contribution in [0.25, 0.3) is 22.2 Å². The fraction of sp³-hybridized carbons (Fsp3) is 0.0667. The second-order valence-electron chi connectivity index (χ2n) is 4.21. The molecule has 0 saturated carbocycles. The molecule has 4 nitrogen and oxygen atoms in total. The maximum atomic E-state index is 12.0. The van der Waals surface area contributed by atoms with Crippen molar-refractivity contribution < 1.29 is 4.42 Å². The summed E-state index contributed by atoms with van der Waals surface area (Å²) < 4.78 is 5.54. The van der Waals surface area contributed by atoms with Gasteiger partial charge in [-0.2, -0.15) is 0 Å². The summed E-state index contributed by atoms with van der Waals surface area (Å²) in [6.45, 7) is 0.215. The van der Waals surface area contributed by atoms with Crippen LogP contribution in [0, 0.1) is 0 Å². The molecule has 102 valence electrons. The van der Waals surface area contributed by atoms with E-state index in [1.807, 2.05) is 24.3 Å². The molecule has 0 aliphatic carbocycles. The highest BCUT2D eigenvalue weighted by atomic mass is 35.5. The lowest BCUT2D eigenvalue weighted by Crippen LogP contribution is -2.05. The zero-order valence-electron chi connectivity index (χ0n) is 10.6. The van der Waals surface area contributed by atoms with E-state index in [1.165, 1.54) is 6.07 Å². The standard InChI is InChI=1S/C15H12N2O2.ClH/c16-9-11-8-14(18)12-7-10(4-5-15(12)19-11)13-3-1-2-6-17-13;/h1-8H,9,16H2;1H. The van der Waals surface area contributed by atoms with Crippen LogP contribution in [0.3, 0.4) is 0 Å². The van der Waals surface area contributed by atoms with E-state index in [2.05, 4.69) is 4.98 Å². The van der Waals surface area contributed by atoms with Gasteiger partial charge in [0.15, 0.2) is 5.43 Å². The van der Waals surface area contributed by atoms with Crippen LogP contribution < -0.4 is 11.2 Å². The Morgan fingerprint density at radius 1 is 1.15 bits per heavy atom. The Hall–Kier alpha value is -2.17. The second-order valence-corrected chi connectivity index (χ2v) is 4.21. The summed E-state index contributed by atoms with van der Waals surface area (Å²) in [6.07, 6.45) is 1.72. The number of fused-ring (bicyclic) bond motifs is 1. The smallest absolute Gasteiger partial charge is 0.193 e. The summed E-state index contributed by atoms with van der Waals surface area (Å²) in [5.74, 6) is 0.489. The molecule has 0 amide bonds. The number of halogens is 1. The van der Waals surface area contributed by atoms with E-state index in [0.717, 1.165) is 11.3 Å². The van der Waals surface area contributed by atoms with E-state index < -0.39 is 0 Å². The fourth-order valence-electron chi connectivity index (χ4n) is 2.00. The van der Waals surface area contributed by atoms with Gasteiger partial charge in [0.05, 0.1) is 17.6 Å². The van der Waals surface area contributed by atoms with Crippen LogP contribution in [-0.4, -0.2) is 4.98 Å². The van der Waals surface area contributed by atoms with Gasteiger partial charge in [0.1, 0.15) is 11.3 Å². The Morgan fingerprint density at radius 3 is 2.70 bits per heavy atom. The van der Waals surface area contributed by atoms with Crippen molar-refractivity contribution in [2.75, 3.05) is 0 Å². The predicted molar refractivity (Wildman–Crippen MR) is 80.9 cm³/mol. The molecule has 0 bridgehead atoms. The number of hydrogen-bond donors (Lipinski definition) is 1. The molecular formula is C15H13ClN2O2. The van der Waals surface area contributed by atoms with E-state index in [4.69, 9.17) is 10.2 Å². The molecule has 1 aromatic carbocycles. The minimum Gasteiger partial charge on any atom is -0.459 e. The Labute approximate surface area is 121 Å². The molecule has 0 radical (unpaired) electrons. The number of benzene rings is 1. The van der Waals surface area contributed by atoms with E-state index in [9.17, 15) is 4.79 Å². The molecule has 0 unspecified atom stereocenters. The van der Waals surface area contributed by atoms with Crippen LogP contribution in [0.1, 0.15) is 5.76 Å². The van der Waals surface area contributed by atoms with Gasteiger partial charge in [0.2, 0.25) is 0 Å². The van der Waals surface area contributed by atoms with Gasteiger partial charge in [-0.3, -0.25) is 9.78 Å². The second kappa shape index (κ2) is 5.86. The lowest BCUT2D eigenvalue weighted by atomic mass is 10.1. The number of nitrogens with two attached hydrogens (primary N) is 1. The summed E-state index contributed by atoms with van der Waals surface area (Å²) in [5.41, 5.74) is 7.67. The van der Waals surface area contributed by atoms with Crippen LogP contribution in [-0.2, 0) is 6.54 Å². The van der Waals surface area contributed by atoms with E-state index in [0.29, 0.717) is 16.7 Å². The Morgan fingerprint density at radius 2 is 2.00 bits per heavy atom. The quantitative estimate of drug-likeness (QED) is 0.787. The highest BCUT2D eigenvalue weighted by Crippen LogP contribution is 2.21. The van der Waals surface area contributed by atoms with Crippen molar-refractivity contribution in [2.45, 2.75) is 6.54 Å². The summed E-state index contributed by atoms with van der Waals surface area (Å²) in [4.78, 5) is 16.3. The van der Waals surface area contributed by atoms with Crippen molar-refractivity contribution >= 4 is 23.4 Å². The van der Waals surface area contributed by atoms with E-state index >= 15 is 0 Å². The monoisotopic (exact) mass is 288 g/mol. The Balaban J connectivity index is 0.00000147. The molecule has 5 heteroatoms. The first-order valence-electron chi connectivity index (χ1n) is 5.96. The highest BCUT2D eigenvalue weighted by molar-refractivity contribution is 5.85.